The number of carbonyl (C=O) groups excluding carboxylic acids is 1. The molecule has 2 aliphatic rings. The van der Waals surface area contributed by atoms with Gasteiger partial charge in [0, 0.05) is 56.4 Å². The second-order valence-electron chi connectivity index (χ2n) is 6.86. The lowest BCUT2D eigenvalue weighted by Gasteiger charge is -2.27. The predicted octanol–water partition coefficient (Wildman–Crippen LogP) is 2.54. The molecule has 0 saturated carbocycles. The minimum atomic E-state index is -0.352. The molecular weight excluding hydrogens is 332 g/mol. The molecule has 130 valence electrons. The first-order valence-electron chi connectivity index (χ1n) is 8.65. The summed E-state index contributed by atoms with van der Waals surface area (Å²) in [6.07, 6.45) is 6.38. The molecular formula is C19H22N4OS. The molecule has 0 aromatic carbocycles. The molecule has 0 radical (unpaired) electrons. The molecule has 2 atom stereocenters. The highest BCUT2D eigenvalue weighted by Gasteiger charge is 2.57. The van der Waals surface area contributed by atoms with Gasteiger partial charge in [0.2, 0.25) is 5.91 Å². The van der Waals surface area contributed by atoms with E-state index in [1.54, 1.807) is 11.3 Å². The van der Waals surface area contributed by atoms with Crippen molar-refractivity contribution >= 4 is 17.2 Å². The van der Waals surface area contributed by atoms with Crippen LogP contribution < -0.4 is 0 Å². The Kier molecular flexibility index (Phi) is 4.39. The van der Waals surface area contributed by atoms with E-state index in [9.17, 15) is 4.79 Å². The minimum absolute atomic E-state index is 0.165. The van der Waals surface area contributed by atoms with Crippen molar-refractivity contribution in [3.63, 3.8) is 0 Å². The topological polar surface area (TPSA) is 49.3 Å². The number of carbonyl (C=O) groups is 1. The summed E-state index contributed by atoms with van der Waals surface area (Å²) in [6.45, 7) is 7.64. The molecule has 4 rings (SSSR count). The van der Waals surface area contributed by atoms with Crippen LogP contribution in [0.25, 0.3) is 0 Å². The van der Waals surface area contributed by atoms with Gasteiger partial charge in [0.25, 0.3) is 0 Å². The van der Waals surface area contributed by atoms with Gasteiger partial charge in [0.05, 0.1) is 16.1 Å². The number of hydrogen-bond donors (Lipinski definition) is 0. The van der Waals surface area contributed by atoms with Crippen molar-refractivity contribution in [3.05, 3.63) is 59.3 Å². The molecule has 2 aliphatic heterocycles. The van der Waals surface area contributed by atoms with Gasteiger partial charge < -0.3 is 4.90 Å². The van der Waals surface area contributed by atoms with Crippen LogP contribution >= 0.6 is 11.3 Å². The van der Waals surface area contributed by atoms with Gasteiger partial charge >= 0.3 is 0 Å². The fourth-order valence-corrected chi connectivity index (χ4v) is 5.07. The van der Waals surface area contributed by atoms with Crippen molar-refractivity contribution < 1.29 is 4.79 Å². The fourth-order valence-electron chi connectivity index (χ4n) is 4.23. The monoisotopic (exact) mass is 354 g/mol. The third kappa shape index (κ3) is 2.89. The van der Waals surface area contributed by atoms with Gasteiger partial charge in [-0.15, -0.1) is 17.9 Å². The Bertz CT molecular complexity index is 748. The van der Waals surface area contributed by atoms with Gasteiger partial charge in [-0.05, 0) is 18.6 Å². The molecule has 0 bridgehead atoms. The molecule has 0 N–H and O–H groups in total. The molecule has 2 fully saturated rings. The maximum atomic E-state index is 13.2. The van der Waals surface area contributed by atoms with E-state index >= 15 is 0 Å². The first kappa shape index (κ1) is 16.4. The highest BCUT2D eigenvalue weighted by Crippen LogP contribution is 2.50. The van der Waals surface area contributed by atoms with Gasteiger partial charge in [-0.3, -0.25) is 14.7 Å². The predicted molar refractivity (Wildman–Crippen MR) is 98.2 cm³/mol. The van der Waals surface area contributed by atoms with Gasteiger partial charge in [-0.1, -0.05) is 12.1 Å². The zero-order valence-electron chi connectivity index (χ0n) is 14.2. The quantitative estimate of drug-likeness (QED) is 0.774. The number of likely N-dealkylation sites (tertiary alicyclic amines) is 2. The summed E-state index contributed by atoms with van der Waals surface area (Å²) in [6, 6.07) is 5.99. The van der Waals surface area contributed by atoms with Crippen LogP contribution in [0.2, 0.25) is 0 Å². The molecule has 2 aromatic rings. The normalized spacial score (nSPS) is 26.6. The first-order chi connectivity index (χ1) is 12.2. The highest BCUT2D eigenvalue weighted by molar-refractivity contribution is 7.09. The lowest BCUT2D eigenvalue weighted by molar-refractivity contribution is -0.135. The molecule has 1 amide bonds. The van der Waals surface area contributed by atoms with E-state index in [-0.39, 0.29) is 17.2 Å². The van der Waals surface area contributed by atoms with Crippen LogP contribution in [0, 0.1) is 5.41 Å². The maximum absolute atomic E-state index is 13.2. The second kappa shape index (κ2) is 6.69. The summed E-state index contributed by atoms with van der Waals surface area (Å²) in [5.41, 5.74) is 0.696. The van der Waals surface area contributed by atoms with Crippen LogP contribution in [-0.4, -0.2) is 51.9 Å². The lowest BCUT2D eigenvalue weighted by atomic mass is 9.77. The van der Waals surface area contributed by atoms with Crippen molar-refractivity contribution in [1.29, 1.82) is 0 Å². The van der Waals surface area contributed by atoms with E-state index in [1.165, 1.54) is 0 Å². The Labute approximate surface area is 152 Å². The van der Waals surface area contributed by atoms with Crippen LogP contribution in [-0.2, 0) is 11.3 Å². The third-order valence-corrected chi connectivity index (χ3v) is 6.25. The molecule has 5 nitrogen and oxygen atoms in total. The van der Waals surface area contributed by atoms with Crippen molar-refractivity contribution in [3.8, 4) is 0 Å². The molecule has 6 heteroatoms. The fraction of sp³-hybridized carbons (Fsp3) is 0.421. The number of aromatic nitrogens is 2. The summed E-state index contributed by atoms with van der Waals surface area (Å²) < 4.78 is 0. The standard InChI is InChI=1S/C19H22N4OS/c1-2-9-23-10-6-19(18(23)24)14-22(12-15-5-3-4-7-20-15)13-16(19)17-21-8-11-25-17/h2-5,7-8,11,16H,1,6,9-10,12-14H2/t16-,19+/m0/s1. The zero-order valence-corrected chi connectivity index (χ0v) is 15.0. The summed E-state index contributed by atoms with van der Waals surface area (Å²) in [5, 5.41) is 3.09. The van der Waals surface area contributed by atoms with E-state index in [0.29, 0.717) is 6.54 Å². The molecule has 0 unspecified atom stereocenters. The van der Waals surface area contributed by atoms with Gasteiger partial charge in [0.1, 0.15) is 0 Å². The Hall–Kier alpha value is -2.05. The third-order valence-electron chi connectivity index (χ3n) is 5.37. The molecule has 2 saturated heterocycles. The number of nitrogens with zero attached hydrogens (tertiary/aromatic N) is 4. The van der Waals surface area contributed by atoms with Crippen LogP contribution in [0.5, 0.6) is 0 Å². The number of amides is 1. The van der Waals surface area contributed by atoms with E-state index in [0.717, 1.165) is 43.3 Å². The average molecular weight is 354 g/mol. The lowest BCUT2D eigenvalue weighted by Crippen LogP contribution is -2.39. The van der Waals surface area contributed by atoms with Crippen molar-refractivity contribution in [1.82, 2.24) is 19.8 Å². The summed E-state index contributed by atoms with van der Waals surface area (Å²) >= 11 is 1.66. The molecule has 2 aromatic heterocycles. The van der Waals surface area contributed by atoms with Crippen LogP contribution in [0.3, 0.4) is 0 Å². The summed E-state index contributed by atoms with van der Waals surface area (Å²) in [5.74, 6) is 0.426. The number of pyridine rings is 1. The molecule has 1 spiro atoms. The van der Waals surface area contributed by atoms with E-state index in [4.69, 9.17) is 0 Å². The summed E-state index contributed by atoms with van der Waals surface area (Å²) in [4.78, 5) is 26.5. The van der Waals surface area contributed by atoms with Crippen LogP contribution in [0.4, 0.5) is 0 Å². The minimum Gasteiger partial charge on any atom is -0.338 e. The Morgan fingerprint density at radius 1 is 1.36 bits per heavy atom. The Balaban J connectivity index is 1.62. The largest absolute Gasteiger partial charge is 0.338 e. The smallest absolute Gasteiger partial charge is 0.231 e. The summed E-state index contributed by atoms with van der Waals surface area (Å²) in [7, 11) is 0. The highest BCUT2D eigenvalue weighted by atomic mass is 32.1. The molecule has 25 heavy (non-hydrogen) atoms. The SMILES string of the molecule is C=CCN1CC[C@]2(CN(Cc3ccccn3)C[C@H]2c2nccs2)C1=O. The van der Waals surface area contributed by atoms with Gasteiger partial charge in [-0.2, -0.15) is 0 Å². The van der Waals surface area contributed by atoms with Crippen molar-refractivity contribution in [2.24, 2.45) is 5.41 Å². The van der Waals surface area contributed by atoms with E-state index < -0.39 is 0 Å². The van der Waals surface area contributed by atoms with Crippen molar-refractivity contribution in [2.45, 2.75) is 18.9 Å². The zero-order chi connectivity index (χ0) is 17.3. The van der Waals surface area contributed by atoms with Gasteiger partial charge in [-0.25, -0.2) is 4.98 Å². The van der Waals surface area contributed by atoms with Crippen LogP contribution in [0.15, 0.2) is 48.6 Å². The first-order valence-corrected chi connectivity index (χ1v) is 9.53. The van der Waals surface area contributed by atoms with Gasteiger partial charge in [0.15, 0.2) is 0 Å². The number of thiazole rings is 1. The Morgan fingerprint density at radius 2 is 2.28 bits per heavy atom. The van der Waals surface area contributed by atoms with Crippen molar-refractivity contribution in [2.75, 3.05) is 26.2 Å². The van der Waals surface area contributed by atoms with Crippen LogP contribution in [0.1, 0.15) is 23.0 Å². The molecule has 4 heterocycles. The molecule has 0 aliphatic carbocycles. The van der Waals surface area contributed by atoms with E-state index in [1.807, 2.05) is 46.9 Å². The number of rotatable bonds is 5. The Morgan fingerprint density at radius 3 is 3.00 bits per heavy atom. The average Bonchev–Trinajstić information content (AvgIpc) is 3.33. The maximum Gasteiger partial charge on any atom is 0.231 e. The van der Waals surface area contributed by atoms with E-state index in [2.05, 4.69) is 21.4 Å². The second-order valence-corrected chi connectivity index (χ2v) is 7.79. The number of hydrogen-bond acceptors (Lipinski definition) is 5.